The molecule has 0 radical (unpaired) electrons. The van der Waals surface area contributed by atoms with Crippen LogP contribution in [-0.4, -0.2) is 27.5 Å². The second-order valence-electron chi connectivity index (χ2n) is 7.22. The number of H-pyrrole nitrogens is 1. The van der Waals surface area contributed by atoms with Crippen LogP contribution in [0.1, 0.15) is 29.3 Å². The van der Waals surface area contributed by atoms with E-state index in [4.69, 9.17) is 4.99 Å². The molecule has 1 saturated carbocycles. The molecule has 1 aliphatic carbocycles. The van der Waals surface area contributed by atoms with Crippen LogP contribution in [0, 0.1) is 0 Å². The summed E-state index contributed by atoms with van der Waals surface area (Å²) in [5.41, 5.74) is 4.41. The molecule has 0 atom stereocenters. The van der Waals surface area contributed by atoms with E-state index in [1.165, 1.54) is 27.0 Å². The number of nitrogens with zero attached hydrogens (tertiary/aromatic N) is 4. The summed E-state index contributed by atoms with van der Waals surface area (Å²) in [5, 5.41) is 22.2. The number of nitrogens with one attached hydrogen (secondary N) is 3. The number of benzene rings is 1. The molecule has 4 aromatic rings. The van der Waals surface area contributed by atoms with Crippen molar-refractivity contribution in [3.8, 4) is 0 Å². The third-order valence-corrected chi connectivity index (χ3v) is 8.73. The van der Waals surface area contributed by atoms with Crippen molar-refractivity contribution < 1.29 is 0 Å². The van der Waals surface area contributed by atoms with Gasteiger partial charge >= 0.3 is 0 Å². The van der Waals surface area contributed by atoms with Crippen LogP contribution in [0.3, 0.4) is 0 Å². The quantitative estimate of drug-likeness (QED) is 0.267. The van der Waals surface area contributed by atoms with Crippen LogP contribution in [0.4, 0.5) is 17.2 Å². The number of rotatable bonds is 4. The SMILES string of the molecule is Cn1nc(C2CC2)cc1N=C1Nc2ccsc2C(Nc2ccc3[nH]ncc3c2)=I1. The number of aryl methyl sites for hydroxylation is 1. The monoisotopic (exact) mass is 515 g/mol. The maximum Gasteiger partial charge on any atom is 0.167 e. The normalized spacial score (nSPS) is 17.6. The van der Waals surface area contributed by atoms with Gasteiger partial charge in [-0.15, -0.1) is 11.3 Å². The summed E-state index contributed by atoms with van der Waals surface area (Å²) in [7, 11) is 1.98. The fraction of sp³-hybridized carbons (Fsp3) is 0.200. The van der Waals surface area contributed by atoms with Crippen LogP contribution >= 0.6 is 32.1 Å². The molecule has 1 fully saturated rings. The van der Waals surface area contributed by atoms with Gasteiger partial charge in [-0.1, -0.05) is 0 Å². The van der Waals surface area contributed by atoms with E-state index in [9.17, 15) is 0 Å². The van der Waals surface area contributed by atoms with Crippen LogP contribution < -0.4 is 10.6 Å². The van der Waals surface area contributed by atoms with Crippen molar-refractivity contribution in [3.05, 3.63) is 52.5 Å². The van der Waals surface area contributed by atoms with E-state index in [0.29, 0.717) is 5.92 Å². The van der Waals surface area contributed by atoms with Gasteiger partial charge in [0.25, 0.3) is 0 Å². The second kappa shape index (κ2) is 6.77. The van der Waals surface area contributed by atoms with E-state index in [0.717, 1.165) is 31.9 Å². The lowest BCUT2D eigenvalue weighted by molar-refractivity contribution is 0.747. The Bertz CT molecular complexity index is 1290. The summed E-state index contributed by atoms with van der Waals surface area (Å²) in [6, 6.07) is 10.5. The van der Waals surface area contributed by atoms with Gasteiger partial charge in [0.15, 0.2) is 9.66 Å². The Morgan fingerprint density at radius 2 is 2.21 bits per heavy atom. The third kappa shape index (κ3) is 3.27. The zero-order chi connectivity index (χ0) is 19.4. The predicted octanol–water partition coefficient (Wildman–Crippen LogP) is 4.91. The average Bonchev–Trinajstić information content (AvgIpc) is 3.09. The van der Waals surface area contributed by atoms with Gasteiger partial charge in [-0.3, -0.25) is 9.78 Å². The Hall–Kier alpha value is -2.53. The Labute approximate surface area is 181 Å². The maximum absolute atomic E-state index is 4.94. The van der Waals surface area contributed by atoms with Crippen molar-refractivity contribution in [2.24, 2.45) is 12.0 Å². The lowest BCUT2D eigenvalue weighted by atomic mass is 10.2. The van der Waals surface area contributed by atoms with E-state index >= 15 is 0 Å². The zero-order valence-electron chi connectivity index (χ0n) is 15.6. The van der Waals surface area contributed by atoms with Crippen LogP contribution in [0.2, 0.25) is 0 Å². The first-order chi connectivity index (χ1) is 14.2. The number of fused-ring (bicyclic) bond motifs is 2. The Morgan fingerprint density at radius 1 is 1.28 bits per heavy atom. The first kappa shape index (κ1) is 17.3. The molecule has 29 heavy (non-hydrogen) atoms. The molecular formula is C20H18IN7S. The number of aromatic amines is 1. The van der Waals surface area contributed by atoms with Gasteiger partial charge in [0.05, 0.1) is 31.6 Å². The molecule has 0 amide bonds. The Kier molecular flexibility index (Phi) is 4.05. The van der Waals surface area contributed by atoms with E-state index in [1.54, 1.807) is 11.3 Å². The highest BCUT2D eigenvalue weighted by atomic mass is 127. The number of hydrogen-bond acceptors (Lipinski definition) is 5. The summed E-state index contributed by atoms with van der Waals surface area (Å²) in [5.74, 6) is 1.56. The van der Waals surface area contributed by atoms with Gasteiger partial charge in [-0.25, -0.2) is 4.99 Å². The van der Waals surface area contributed by atoms with Gasteiger partial charge in [-0.2, -0.15) is 10.2 Å². The minimum absolute atomic E-state index is 0.477. The summed E-state index contributed by atoms with van der Waals surface area (Å²) in [6.45, 7) is 0. The van der Waals surface area contributed by atoms with E-state index in [1.807, 2.05) is 17.9 Å². The predicted molar refractivity (Wildman–Crippen MR) is 128 cm³/mol. The molecular weight excluding hydrogens is 497 g/mol. The first-order valence-electron chi connectivity index (χ1n) is 9.42. The van der Waals surface area contributed by atoms with E-state index in [-0.39, 0.29) is 0 Å². The number of aromatic nitrogens is 4. The fourth-order valence-electron chi connectivity index (χ4n) is 3.38. The largest absolute Gasteiger partial charge is 0.349 e. The van der Waals surface area contributed by atoms with Gasteiger partial charge < -0.3 is 10.6 Å². The Morgan fingerprint density at radius 3 is 3.10 bits per heavy atom. The molecule has 2 aliphatic rings. The number of thiophene rings is 1. The maximum atomic E-state index is 4.94. The molecule has 1 aromatic carbocycles. The topological polar surface area (TPSA) is 82.9 Å². The van der Waals surface area contributed by atoms with Crippen molar-refractivity contribution in [1.82, 2.24) is 20.0 Å². The summed E-state index contributed by atoms with van der Waals surface area (Å²) >= 11 is 1.28. The molecule has 4 heterocycles. The van der Waals surface area contributed by atoms with Crippen molar-refractivity contribution in [2.45, 2.75) is 18.8 Å². The zero-order valence-corrected chi connectivity index (χ0v) is 18.6. The lowest BCUT2D eigenvalue weighted by Crippen LogP contribution is -2.19. The molecule has 9 heteroatoms. The van der Waals surface area contributed by atoms with Crippen molar-refractivity contribution in [3.63, 3.8) is 0 Å². The second-order valence-corrected chi connectivity index (χ2v) is 10.8. The molecule has 0 unspecified atom stereocenters. The number of anilines is 2. The van der Waals surface area contributed by atoms with Crippen LogP contribution in [0.25, 0.3) is 10.9 Å². The standard InChI is InChI=1S/C20H18IN7S/c1-28-17(9-16(27-28)11-2-3-11)25-20-21-19(18-15(24-20)6-7-29-18)23-13-4-5-14-12(8-13)10-22-26-14/h4-11,23H,2-3H2,1H3,(H,22,26)(H,24,25). The van der Waals surface area contributed by atoms with Gasteiger partial charge in [0.1, 0.15) is 0 Å². The van der Waals surface area contributed by atoms with Crippen LogP contribution in [-0.2, 0) is 7.05 Å². The smallest absolute Gasteiger partial charge is 0.167 e. The molecule has 1 aliphatic heterocycles. The van der Waals surface area contributed by atoms with Crippen molar-refractivity contribution in [1.29, 1.82) is 0 Å². The molecule has 0 saturated heterocycles. The molecule has 146 valence electrons. The van der Waals surface area contributed by atoms with Gasteiger partial charge in [0.2, 0.25) is 0 Å². The third-order valence-electron chi connectivity index (χ3n) is 5.06. The average molecular weight is 515 g/mol. The fourth-order valence-corrected chi connectivity index (χ4v) is 7.05. The molecule has 0 bridgehead atoms. The summed E-state index contributed by atoms with van der Waals surface area (Å²) < 4.78 is 4.19. The Balaban J connectivity index is 1.36. The van der Waals surface area contributed by atoms with E-state index < -0.39 is 20.7 Å². The van der Waals surface area contributed by atoms with Crippen molar-refractivity contribution >= 4 is 67.6 Å². The highest BCUT2D eigenvalue weighted by Gasteiger charge is 2.27. The molecule has 0 spiro atoms. The first-order valence-corrected chi connectivity index (χ1v) is 12.5. The minimum Gasteiger partial charge on any atom is -0.349 e. The summed E-state index contributed by atoms with van der Waals surface area (Å²) in [6.07, 6.45) is 4.35. The molecule has 3 N–H and O–H groups in total. The van der Waals surface area contributed by atoms with Gasteiger partial charge in [-0.05, 0) is 63.2 Å². The van der Waals surface area contributed by atoms with Gasteiger partial charge in [0, 0.05) is 30.1 Å². The summed E-state index contributed by atoms with van der Waals surface area (Å²) in [4.78, 5) is 6.22. The number of halogens is 1. The highest BCUT2D eigenvalue weighted by molar-refractivity contribution is 14.2. The number of hydrogen-bond donors (Lipinski definition) is 3. The van der Waals surface area contributed by atoms with Crippen LogP contribution in [0.15, 0.2) is 46.9 Å². The number of aliphatic imine (C=N–C) groups is 1. The molecule has 3 aromatic heterocycles. The lowest BCUT2D eigenvalue weighted by Gasteiger charge is -2.18. The van der Waals surface area contributed by atoms with Crippen molar-refractivity contribution in [2.75, 3.05) is 10.6 Å². The van der Waals surface area contributed by atoms with Crippen LogP contribution in [0.5, 0.6) is 0 Å². The minimum atomic E-state index is -0.477. The highest BCUT2D eigenvalue weighted by Crippen LogP contribution is 2.40. The van der Waals surface area contributed by atoms with E-state index in [2.05, 4.69) is 61.6 Å². The number of amidine groups is 1. The molecule has 7 nitrogen and oxygen atoms in total. The molecule has 6 rings (SSSR count).